The van der Waals surface area contributed by atoms with Gasteiger partial charge in [0.25, 0.3) is 0 Å². The van der Waals surface area contributed by atoms with Crippen LogP contribution in [0.2, 0.25) is 0 Å². The van der Waals surface area contributed by atoms with E-state index in [2.05, 4.69) is 0 Å². The van der Waals surface area contributed by atoms with Gasteiger partial charge in [0.05, 0.1) is 11.7 Å². The number of benzene rings is 2. The van der Waals surface area contributed by atoms with Crippen LogP contribution in [0.25, 0.3) is 10.8 Å². The van der Waals surface area contributed by atoms with Gasteiger partial charge in [-0.15, -0.1) is 11.6 Å². The summed E-state index contributed by atoms with van der Waals surface area (Å²) in [5.41, 5.74) is 7.51. The molecule has 0 radical (unpaired) electrons. The molecule has 24 heavy (non-hydrogen) atoms. The fraction of sp³-hybridized carbons (Fsp3) is 0.333. The molecule has 1 aliphatic rings. The minimum Gasteiger partial charge on any atom is -0.426 e. The maximum absolute atomic E-state index is 12.5. The van der Waals surface area contributed by atoms with E-state index in [-0.39, 0.29) is 11.8 Å². The standard InChI is InChI=1S/C18H19ClN2O3/c1-10(20)18(23)21-9-12(8-19)17-14-6-4-3-5-13(14)16(7-15(17)21)24-11(2)22/h3-7,10,12H,8-9,20H2,1-2H3. The Bertz CT molecular complexity index is 819. The number of fused-ring (bicyclic) bond motifs is 3. The Morgan fingerprint density at radius 1 is 1.38 bits per heavy atom. The quantitative estimate of drug-likeness (QED) is 0.527. The van der Waals surface area contributed by atoms with E-state index >= 15 is 0 Å². The molecule has 2 aromatic rings. The Labute approximate surface area is 145 Å². The van der Waals surface area contributed by atoms with Gasteiger partial charge in [0.2, 0.25) is 5.91 Å². The first kappa shape index (κ1) is 16.7. The summed E-state index contributed by atoms with van der Waals surface area (Å²) < 4.78 is 5.37. The van der Waals surface area contributed by atoms with Gasteiger partial charge in [0.1, 0.15) is 5.75 Å². The third-order valence-corrected chi connectivity index (χ3v) is 4.60. The first-order valence-electron chi connectivity index (χ1n) is 7.81. The zero-order valence-electron chi connectivity index (χ0n) is 13.6. The zero-order valence-corrected chi connectivity index (χ0v) is 14.3. The second-order valence-corrected chi connectivity index (χ2v) is 6.34. The largest absolute Gasteiger partial charge is 0.426 e. The van der Waals surface area contributed by atoms with E-state index in [4.69, 9.17) is 22.1 Å². The van der Waals surface area contributed by atoms with Gasteiger partial charge in [-0.1, -0.05) is 24.3 Å². The second kappa shape index (κ2) is 6.42. The van der Waals surface area contributed by atoms with E-state index in [1.807, 2.05) is 24.3 Å². The van der Waals surface area contributed by atoms with Gasteiger partial charge in [0, 0.05) is 36.7 Å². The van der Waals surface area contributed by atoms with Crippen LogP contribution in [0.1, 0.15) is 25.3 Å². The fourth-order valence-electron chi connectivity index (χ4n) is 3.23. The number of rotatable bonds is 3. The molecule has 6 heteroatoms. The van der Waals surface area contributed by atoms with Gasteiger partial charge < -0.3 is 15.4 Å². The Balaban J connectivity index is 2.26. The summed E-state index contributed by atoms with van der Waals surface area (Å²) in [4.78, 5) is 25.6. The number of alkyl halides is 1. The minimum absolute atomic E-state index is 0.0145. The van der Waals surface area contributed by atoms with Crippen LogP contribution in [0.3, 0.4) is 0 Å². The van der Waals surface area contributed by atoms with Gasteiger partial charge in [-0.05, 0) is 17.9 Å². The molecule has 3 rings (SSSR count). The van der Waals surface area contributed by atoms with Crippen LogP contribution in [0, 0.1) is 0 Å². The summed E-state index contributed by atoms with van der Waals surface area (Å²) in [7, 11) is 0. The normalized spacial score (nSPS) is 17.7. The summed E-state index contributed by atoms with van der Waals surface area (Å²) in [6.07, 6.45) is 0. The van der Waals surface area contributed by atoms with Crippen LogP contribution in [0.5, 0.6) is 5.75 Å². The molecule has 2 aromatic carbocycles. The highest BCUT2D eigenvalue weighted by Gasteiger charge is 2.35. The molecular weight excluding hydrogens is 328 g/mol. The molecule has 126 valence electrons. The fourth-order valence-corrected chi connectivity index (χ4v) is 3.48. The van der Waals surface area contributed by atoms with Crippen LogP contribution in [-0.4, -0.2) is 30.3 Å². The molecule has 0 saturated heterocycles. The van der Waals surface area contributed by atoms with Crippen molar-refractivity contribution < 1.29 is 14.3 Å². The lowest BCUT2D eigenvalue weighted by atomic mass is 9.95. The Kier molecular flexibility index (Phi) is 4.47. The van der Waals surface area contributed by atoms with Crippen molar-refractivity contribution in [2.45, 2.75) is 25.8 Å². The van der Waals surface area contributed by atoms with Gasteiger partial charge in [0.15, 0.2) is 0 Å². The molecule has 0 aliphatic carbocycles. The SMILES string of the molecule is CC(=O)Oc1cc2c(c3ccccc13)C(CCl)CN2C(=O)C(C)N. The molecule has 0 fully saturated rings. The number of carbonyl (C=O) groups is 2. The maximum atomic E-state index is 12.5. The molecule has 5 nitrogen and oxygen atoms in total. The van der Waals surface area contributed by atoms with Crippen LogP contribution < -0.4 is 15.4 Å². The number of anilines is 1. The van der Waals surface area contributed by atoms with Crippen LogP contribution in [0.4, 0.5) is 5.69 Å². The van der Waals surface area contributed by atoms with Crippen molar-refractivity contribution in [1.82, 2.24) is 0 Å². The lowest BCUT2D eigenvalue weighted by Crippen LogP contribution is -2.41. The molecule has 1 heterocycles. The summed E-state index contributed by atoms with van der Waals surface area (Å²) in [5.74, 6) is 0.271. The molecule has 0 spiro atoms. The van der Waals surface area contributed by atoms with Crippen molar-refractivity contribution >= 4 is 39.9 Å². The Hall–Kier alpha value is -2.11. The van der Waals surface area contributed by atoms with E-state index in [0.717, 1.165) is 22.0 Å². The molecule has 1 amide bonds. The van der Waals surface area contributed by atoms with E-state index in [1.165, 1.54) is 6.92 Å². The lowest BCUT2D eigenvalue weighted by molar-refractivity contribution is -0.131. The molecule has 2 atom stereocenters. The summed E-state index contributed by atoms with van der Waals surface area (Å²) in [5, 5.41) is 1.77. The topological polar surface area (TPSA) is 72.6 Å². The average molecular weight is 347 g/mol. The zero-order chi connectivity index (χ0) is 17.4. The molecule has 2 unspecified atom stereocenters. The summed E-state index contributed by atoms with van der Waals surface area (Å²) in [6, 6.07) is 8.79. The van der Waals surface area contributed by atoms with Crippen LogP contribution in [-0.2, 0) is 9.59 Å². The number of hydrogen-bond donors (Lipinski definition) is 1. The van der Waals surface area contributed by atoms with Gasteiger partial charge in [-0.25, -0.2) is 0 Å². The average Bonchev–Trinajstić information content (AvgIpc) is 2.92. The third-order valence-electron chi connectivity index (χ3n) is 4.22. The molecule has 0 bridgehead atoms. The highest BCUT2D eigenvalue weighted by molar-refractivity contribution is 6.19. The van der Waals surface area contributed by atoms with Gasteiger partial charge in [-0.3, -0.25) is 9.59 Å². The number of ether oxygens (including phenoxy) is 1. The number of nitrogens with two attached hydrogens (primary N) is 1. The first-order valence-corrected chi connectivity index (χ1v) is 8.34. The predicted molar refractivity (Wildman–Crippen MR) is 94.7 cm³/mol. The number of esters is 1. The van der Waals surface area contributed by atoms with Crippen molar-refractivity contribution in [3.8, 4) is 5.75 Å². The van der Waals surface area contributed by atoms with Crippen molar-refractivity contribution in [1.29, 1.82) is 0 Å². The summed E-state index contributed by atoms with van der Waals surface area (Å²) in [6.45, 7) is 3.49. The Morgan fingerprint density at radius 2 is 2.04 bits per heavy atom. The third kappa shape index (κ3) is 2.74. The number of hydrogen-bond acceptors (Lipinski definition) is 4. The molecule has 2 N–H and O–H groups in total. The van der Waals surface area contributed by atoms with Crippen molar-refractivity contribution in [2.75, 3.05) is 17.3 Å². The van der Waals surface area contributed by atoms with Gasteiger partial charge in [-0.2, -0.15) is 0 Å². The smallest absolute Gasteiger partial charge is 0.308 e. The highest BCUT2D eigenvalue weighted by Crippen LogP contribution is 2.45. The van der Waals surface area contributed by atoms with E-state index < -0.39 is 12.0 Å². The van der Waals surface area contributed by atoms with Gasteiger partial charge >= 0.3 is 5.97 Å². The lowest BCUT2D eigenvalue weighted by Gasteiger charge is -2.20. The monoisotopic (exact) mass is 346 g/mol. The molecule has 0 aromatic heterocycles. The van der Waals surface area contributed by atoms with E-state index in [1.54, 1.807) is 17.9 Å². The minimum atomic E-state index is -0.615. The van der Waals surface area contributed by atoms with Crippen LogP contribution >= 0.6 is 11.6 Å². The second-order valence-electron chi connectivity index (χ2n) is 6.04. The van der Waals surface area contributed by atoms with Crippen LogP contribution in [0.15, 0.2) is 30.3 Å². The first-order chi connectivity index (χ1) is 11.4. The number of nitrogens with zero attached hydrogens (tertiary/aromatic N) is 1. The number of amides is 1. The maximum Gasteiger partial charge on any atom is 0.308 e. The van der Waals surface area contributed by atoms with Crippen molar-refractivity contribution in [3.63, 3.8) is 0 Å². The van der Waals surface area contributed by atoms with Crippen molar-refractivity contribution in [3.05, 3.63) is 35.9 Å². The number of halogens is 1. The van der Waals surface area contributed by atoms with E-state index in [9.17, 15) is 9.59 Å². The Morgan fingerprint density at radius 3 is 2.62 bits per heavy atom. The van der Waals surface area contributed by atoms with Crippen molar-refractivity contribution in [2.24, 2.45) is 5.73 Å². The summed E-state index contributed by atoms with van der Waals surface area (Å²) >= 11 is 6.16. The molecular formula is C18H19ClN2O3. The van der Waals surface area contributed by atoms with E-state index in [0.29, 0.717) is 18.2 Å². The predicted octanol–water partition coefficient (Wildman–Crippen LogP) is 2.78. The molecule has 1 aliphatic heterocycles. The molecule has 0 saturated carbocycles. The number of carbonyl (C=O) groups excluding carboxylic acids is 2. The highest BCUT2D eigenvalue weighted by atomic mass is 35.5.